The molecule has 0 aromatic heterocycles. The molecule has 1 aromatic rings. The molecule has 4 rings (SSSR count). The second-order valence-electron chi connectivity index (χ2n) is 6.32. The van der Waals surface area contributed by atoms with Crippen molar-refractivity contribution in [2.75, 3.05) is 0 Å². The van der Waals surface area contributed by atoms with Gasteiger partial charge in [0.05, 0.1) is 11.9 Å². The maximum absolute atomic E-state index is 14.1. The summed E-state index contributed by atoms with van der Waals surface area (Å²) >= 11 is 0. The SMILES string of the molecule is CC1CC(c2ncc3nccc-3[nH]2)CC(c2ccccc2F)N1. The predicted molar refractivity (Wildman–Crippen MR) is 86.7 cm³/mol. The molecule has 4 nitrogen and oxygen atoms in total. The number of nitrogens with zero attached hydrogens (tertiary/aromatic N) is 2. The Morgan fingerprint density at radius 1 is 1.13 bits per heavy atom. The van der Waals surface area contributed by atoms with Crippen molar-refractivity contribution >= 4 is 0 Å². The van der Waals surface area contributed by atoms with Crippen molar-refractivity contribution in [1.82, 2.24) is 20.3 Å². The number of hydrogen-bond acceptors (Lipinski definition) is 3. The minimum Gasteiger partial charge on any atom is -0.342 e. The van der Waals surface area contributed by atoms with Gasteiger partial charge in [0.15, 0.2) is 0 Å². The Morgan fingerprint density at radius 2 is 2.00 bits per heavy atom. The highest BCUT2D eigenvalue weighted by molar-refractivity contribution is 5.54. The highest BCUT2D eigenvalue weighted by atomic mass is 19.1. The second-order valence-corrected chi connectivity index (χ2v) is 6.32. The van der Waals surface area contributed by atoms with Gasteiger partial charge in [0.1, 0.15) is 17.3 Å². The van der Waals surface area contributed by atoms with Crippen LogP contribution in [0.25, 0.3) is 11.4 Å². The van der Waals surface area contributed by atoms with Crippen molar-refractivity contribution in [3.8, 4) is 11.4 Å². The highest BCUT2D eigenvalue weighted by Gasteiger charge is 2.30. The van der Waals surface area contributed by atoms with E-state index < -0.39 is 0 Å². The molecule has 3 atom stereocenters. The van der Waals surface area contributed by atoms with Gasteiger partial charge >= 0.3 is 0 Å². The predicted octanol–water partition coefficient (Wildman–Crippen LogP) is 3.65. The van der Waals surface area contributed by atoms with E-state index in [0.717, 1.165) is 35.6 Å². The lowest BCUT2D eigenvalue weighted by Crippen LogP contribution is -2.38. The van der Waals surface area contributed by atoms with Gasteiger partial charge in [0.25, 0.3) is 0 Å². The molecule has 3 aliphatic heterocycles. The summed E-state index contributed by atoms with van der Waals surface area (Å²) in [4.78, 5) is 12.2. The summed E-state index contributed by atoms with van der Waals surface area (Å²) in [5.41, 5.74) is 2.62. The van der Waals surface area contributed by atoms with E-state index in [1.54, 1.807) is 12.3 Å². The number of nitrogens with one attached hydrogen (secondary N) is 2. The van der Waals surface area contributed by atoms with Crippen LogP contribution in [0.4, 0.5) is 4.39 Å². The van der Waals surface area contributed by atoms with Crippen molar-refractivity contribution in [2.45, 2.75) is 37.8 Å². The van der Waals surface area contributed by atoms with Crippen LogP contribution in [0.3, 0.4) is 0 Å². The van der Waals surface area contributed by atoms with E-state index in [-0.39, 0.29) is 17.8 Å². The number of benzene rings is 1. The molecule has 0 amide bonds. The number of halogens is 1. The number of fused-ring (bicyclic) bond motifs is 1. The monoisotopic (exact) mass is 310 g/mol. The van der Waals surface area contributed by atoms with Crippen molar-refractivity contribution in [2.24, 2.45) is 0 Å². The Hall–Kier alpha value is -2.27. The lowest BCUT2D eigenvalue weighted by molar-refractivity contribution is 0.294. The quantitative estimate of drug-likeness (QED) is 0.760. The third-order valence-corrected chi connectivity index (χ3v) is 4.63. The van der Waals surface area contributed by atoms with Crippen molar-refractivity contribution in [3.63, 3.8) is 0 Å². The Balaban J connectivity index is 1.64. The third kappa shape index (κ3) is 2.72. The minimum absolute atomic E-state index is 0.00799. The van der Waals surface area contributed by atoms with Gasteiger partial charge in [-0.15, -0.1) is 0 Å². The van der Waals surface area contributed by atoms with Crippen molar-refractivity contribution < 1.29 is 4.39 Å². The molecule has 3 unspecified atom stereocenters. The average Bonchev–Trinajstić information content (AvgIpc) is 3.02. The van der Waals surface area contributed by atoms with Crippen LogP contribution in [0.15, 0.2) is 42.7 Å². The Labute approximate surface area is 134 Å². The minimum atomic E-state index is -0.148. The highest BCUT2D eigenvalue weighted by Crippen LogP contribution is 2.36. The smallest absolute Gasteiger partial charge is 0.127 e. The van der Waals surface area contributed by atoms with Gasteiger partial charge in [0.2, 0.25) is 0 Å². The number of rotatable bonds is 2. The number of hydrogen-bond donors (Lipinski definition) is 2. The molecule has 0 bridgehead atoms. The fourth-order valence-corrected chi connectivity index (χ4v) is 3.55. The van der Waals surface area contributed by atoms with Crippen LogP contribution in [0.5, 0.6) is 0 Å². The van der Waals surface area contributed by atoms with Gasteiger partial charge in [0, 0.05) is 29.8 Å². The van der Waals surface area contributed by atoms with Crippen molar-refractivity contribution in [3.05, 3.63) is 59.9 Å². The Kier molecular flexibility index (Phi) is 3.58. The summed E-state index contributed by atoms with van der Waals surface area (Å²) in [5, 5.41) is 3.51. The van der Waals surface area contributed by atoms with E-state index in [1.165, 1.54) is 6.07 Å². The van der Waals surface area contributed by atoms with Crippen LogP contribution in [-0.4, -0.2) is 21.0 Å². The molecule has 5 heteroatoms. The standard InChI is InChI=1S/C18H19FN4/c1-11-8-12(18-21-10-17-15(23-18)6-7-20-17)9-16(22-11)13-4-2-3-5-14(13)19/h2-7,10-12,16,22H,8-9H2,1H3,(H,21,23). The van der Waals surface area contributed by atoms with Crippen LogP contribution in [0.1, 0.15) is 43.1 Å². The van der Waals surface area contributed by atoms with Gasteiger partial charge < -0.3 is 10.3 Å². The van der Waals surface area contributed by atoms with Gasteiger partial charge in [-0.2, -0.15) is 0 Å². The molecule has 0 radical (unpaired) electrons. The molecule has 2 N–H and O–H groups in total. The molecule has 1 aromatic carbocycles. The van der Waals surface area contributed by atoms with E-state index in [9.17, 15) is 4.39 Å². The van der Waals surface area contributed by atoms with Crippen LogP contribution in [0.2, 0.25) is 0 Å². The Morgan fingerprint density at radius 3 is 2.87 bits per heavy atom. The Bertz CT molecular complexity index is 784. The molecule has 3 aliphatic rings. The van der Waals surface area contributed by atoms with E-state index in [2.05, 4.69) is 27.2 Å². The first-order valence-corrected chi connectivity index (χ1v) is 8.01. The van der Waals surface area contributed by atoms with Gasteiger partial charge in [-0.25, -0.2) is 9.37 Å². The van der Waals surface area contributed by atoms with Crippen LogP contribution in [0, 0.1) is 5.82 Å². The first kappa shape index (κ1) is 14.3. The summed E-state index contributed by atoms with van der Waals surface area (Å²) in [7, 11) is 0. The van der Waals surface area contributed by atoms with Crippen LogP contribution < -0.4 is 5.32 Å². The van der Waals surface area contributed by atoms with E-state index >= 15 is 0 Å². The topological polar surface area (TPSA) is 53.6 Å². The molecule has 0 aliphatic carbocycles. The molecule has 0 saturated carbocycles. The fraction of sp³-hybridized carbons (Fsp3) is 0.333. The summed E-state index contributed by atoms with van der Waals surface area (Å²) < 4.78 is 14.1. The zero-order valence-corrected chi connectivity index (χ0v) is 13.0. The number of aromatic amines is 1. The number of piperidine rings is 1. The average molecular weight is 310 g/mol. The molecule has 118 valence electrons. The van der Waals surface area contributed by atoms with Gasteiger partial charge in [-0.3, -0.25) is 4.98 Å². The maximum Gasteiger partial charge on any atom is 0.127 e. The van der Waals surface area contributed by atoms with Crippen molar-refractivity contribution in [1.29, 1.82) is 0 Å². The zero-order valence-electron chi connectivity index (χ0n) is 13.0. The second kappa shape index (κ2) is 5.74. The maximum atomic E-state index is 14.1. The molecule has 0 spiro atoms. The largest absolute Gasteiger partial charge is 0.342 e. The first-order chi connectivity index (χ1) is 11.2. The summed E-state index contributed by atoms with van der Waals surface area (Å²) in [5.74, 6) is 1.08. The number of H-pyrrole nitrogens is 1. The fourth-order valence-electron chi connectivity index (χ4n) is 3.55. The molecule has 1 saturated heterocycles. The molecular formula is C18H19FN4. The summed E-state index contributed by atoms with van der Waals surface area (Å²) in [6.45, 7) is 2.14. The zero-order chi connectivity index (χ0) is 15.8. The molecule has 3 heterocycles. The lowest BCUT2D eigenvalue weighted by atomic mass is 9.84. The van der Waals surface area contributed by atoms with Crippen LogP contribution in [-0.2, 0) is 0 Å². The van der Waals surface area contributed by atoms with Crippen LogP contribution >= 0.6 is 0 Å². The van der Waals surface area contributed by atoms with E-state index in [0.29, 0.717) is 6.04 Å². The molecule has 1 fully saturated rings. The normalized spacial score (nSPS) is 24.9. The molecule has 23 heavy (non-hydrogen) atoms. The number of aromatic nitrogens is 3. The van der Waals surface area contributed by atoms with Gasteiger partial charge in [-0.1, -0.05) is 18.2 Å². The van der Waals surface area contributed by atoms with E-state index in [1.807, 2.05) is 24.4 Å². The first-order valence-electron chi connectivity index (χ1n) is 8.01. The summed E-state index contributed by atoms with van der Waals surface area (Å²) in [6.07, 6.45) is 5.40. The van der Waals surface area contributed by atoms with E-state index in [4.69, 9.17) is 0 Å². The third-order valence-electron chi connectivity index (χ3n) is 4.63. The lowest BCUT2D eigenvalue weighted by Gasteiger charge is -2.34. The summed E-state index contributed by atoms with van der Waals surface area (Å²) in [6, 6.07) is 9.28. The molecular weight excluding hydrogens is 291 g/mol. The van der Waals surface area contributed by atoms with Gasteiger partial charge in [-0.05, 0) is 31.9 Å².